The molecule has 0 saturated carbocycles. The average molecular weight is 463 g/mol. The molecule has 4 aromatic heterocycles. The number of nitrogens with zero attached hydrogens (tertiary/aromatic N) is 6. The number of nitrogens with one attached hydrogen (secondary N) is 1. The molecule has 0 aromatic carbocycles. The highest BCUT2D eigenvalue weighted by atomic mass is 16.5. The molecule has 0 radical (unpaired) electrons. The highest BCUT2D eigenvalue weighted by molar-refractivity contribution is 5.98. The Morgan fingerprint density at radius 2 is 1.91 bits per heavy atom. The Labute approximate surface area is 195 Å². The minimum absolute atomic E-state index is 0.0347. The number of fused-ring (bicyclic) bond motifs is 1. The summed E-state index contributed by atoms with van der Waals surface area (Å²) in [5, 5.41) is 11.3. The Morgan fingerprint density at radius 1 is 1.18 bits per heavy atom. The third kappa shape index (κ3) is 4.49. The minimum Gasteiger partial charge on any atom is -0.365 e. The van der Waals surface area contributed by atoms with Crippen LogP contribution in [0.25, 0.3) is 17.0 Å². The van der Waals surface area contributed by atoms with Gasteiger partial charge in [0.05, 0.1) is 6.20 Å². The molecule has 0 aliphatic carbocycles. The number of carbonyl (C=O) groups is 2. The fourth-order valence-electron chi connectivity index (χ4n) is 3.82. The lowest BCUT2D eigenvalue weighted by Crippen LogP contribution is -2.32. The van der Waals surface area contributed by atoms with Crippen LogP contribution in [-0.2, 0) is 11.2 Å². The van der Waals surface area contributed by atoms with Crippen LogP contribution in [0.2, 0.25) is 0 Å². The van der Waals surface area contributed by atoms with Gasteiger partial charge < -0.3 is 15.6 Å². The van der Waals surface area contributed by atoms with Crippen LogP contribution >= 0.6 is 0 Å². The highest BCUT2D eigenvalue weighted by Gasteiger charge is 2.25. The number of pyridine rings is 1. The van der Waals surface area contributed by atoms with Crippen molar-refractivity contribution in [1.29, 1.82) is 0 Å². The molecule has 0 aliphatic rings. The fraction of sp³-hybridized carbons (Fsp3) is 0.348. The number of aryl methyl sites for hydroxylation is 2. The first-order valence-corrected chi connectivity index (χ1v) is 10.9. The number of amides is 2. The topological polar surface area (TPSA) is 154 Å². The number of nitrogens with two attached hydrogens (primary N) is 1. The van der Waals surface area contributed by atoms with Crippen molar-refractivity contribution in [3.05, 3.63) is 59.1 Å². The molecule has 4 aromatic rings. The maximum atomic E-state index is 12.8. The summed E-state index contributed by atoms with van der Waals surface area (Å²) in [5.74, 6) is 0.0897. The van der Waals surface area contributed by atoms with Gasteiger partial charge in [0.1, 0.15) is 11.6 Å². The molecule has 3 N–H and O–H groups in total. The van der Waals surface area contributed by atoms with Gasteiger partial charge in [0.25, 0.3) is 5.91 Å². The van der Waals surface area contributed by atoms with Crippen LogP contribution in [0.15, 0.2) is 35.2 Å². The number of hydrogen-bond donors (Lipinski definition) is 2. The zero-order valence-corrected chi connectivity index (χ0v) is 19.4. The Bertz CT molecular complexity index is 1340. The van der Waals surface area contributed by atoms with Crippen molar-refractivity contribution in [3.8, 4) is 11.4 Å². The first-order chi connectivity index (χ1) is 16.3. The zero-order chi connectivity index (χ0) is 24.4. The molecule has 0 aliphatic heterocycles. The van der Waals surface area contributed by atoms with Crippen LogP contribution < -0.4 is 11.1 Å². The average Bonchev–Trinajstić information content (AvgIpc) is 3.45. The third-order valence-corrected chi connectivity index (χ3v) is 5.71. The van der Waals surface area contributed by atoms with Crippen LogP contribution in [0.5, 0.6) is 0 Å². The van der Waals surface area contributed by atoms with Gasteiger partial charge in [-0.25, -0.2) is 9.50 Å². The molecule has 0 bridgehead atoms. The Balaban J connectivity index is 1.48. The standard InChI is InChI=1S/C23H26N8O3/c1-12(2)19(23-29-21(30-34-23)15-7-9-25-10-8-15)28-18(32)6-5-16-13(3)27-22-17(20(24)33)11-26-31(22)14(16)4/h7-12,19H,5-6H2,1-4H3,(H2,24,33)(H,28,32). The summed E-state index contributed by atoms with van der Waals surface area (Å²) >= 11 is 0. The largest absolute Gasteiger partial charge is 0.365 e. The first kappa shape index (κ1) is 23.0. The summed E-state index contributed by atoms with van der Waals surface area (Å²) < 4.78 is 7.04. The SMILES string of the molecule is Cc1nc2c(C(N)=O)cnn2c(C)c1CCC(=O)NC(c1nc(-c2ccncc2)no1)C(C)C. The Hall–Kier alpha value is -4.15. The van der Waals surface area contributed by atoms with Gasteiger partial charge in [-0.2, -0.15) is 10.1 Å². The van der Waals surface area contributed by atoms with E-state index >= 15 is 0 Å². The van der Waals surface area contributed by atoms with E-state index in [1.54, 1.807) is 29.0 Å². The van der Waals surface area contributed by atoms with Crippen molar-refractivity contribution in [2.45, 2.75) is 46.6 Å². The fourth-order valence-corrected chi connectivity index (χ4v) is 3.82. The maximum Gasteiger partial charge on any atom is 0.254 e. The van der Waals surface area contributed by atoms with Gasteiger partial charge in [-0.3, -0.25) is 14.6 Å². The summed E-state index contributed by atoms with van der Waals surface area (Å²) in [6.07, 6.45) is 5.40. The van der Waals surface area contributed by atoms with E-state index in [1.807, 2.05) is 27.7 Å². The summed E-state index contributed by atoms with van der Waals surface area (Å²) in [6.45, 7) is 7.67. The van der Waals surface area contributed by atoms with Crippen LogP contribution in [0.4, 0.5) is 0 Å². The van der Waals surface area contributed by atoms with Crippen molar-refractivity contribution < 1.29 is 14.1 Å². The molecule has 11 heteroatoms. The van der Waals surface area contributed by atoms with E-state index in [0.717, 1.165) is 22.5 Å². The third-order valence-electron chi connectivity index (χ3n) is 5.71. The number of hydrogen-bond acceptors (Lipinski definition) is 8. The summed E-state index contributed by atoms with van der Waals surface area (Å²) in [7, 11) is 0. The van der Waals surface area contributed by atoms with E-state index in [1.165, 1.54) is 6.20 Å². The van der Waals surface area contributed by atoms with E-state index in [9.17, 15) is 9.59 Å². The van der Waals surface area contributed by atoms with Gasteiger partial charge in [-0.05, 0) is 43.9 Å². The Kier molecular flexibility index (Phi) is 6.35. The second-order valence-electron chi connectivity index (χ2n) is 8.40. The minimum atomic E-state index is -0.582. The van der Waals surface area contributed by atoms with Gasteiger partial charge in [0, 0.05) is 35.8 Å². The smallest absolute Gasteiger partial charge is 0.254 e. The van der Waals surface area contributed by atoms with Crippen LogP contribution in [0.1, 0.15) is 59.5 Å². The predicted octanol–water partition coefficient (Wildman–Crippen LogP) is 2.34. The number of rotatable bonds is 8. The normalized spacial score (nSPS) is 12.3. The molecule has 0 spiro atoms. The van der Waals surface area contributed by atoms with Crippen LogP contribution in [0, 0.1) is 19.8 Å². The molecule has 176 valence electrons. The van der Waals surface area contributed by atoms with Crippen molar-refractivity contribution in [2.75, 3.05) is 0 Å². The van der Waals surface area contributed by atoms with E-state index < -0.39 is 11.9 Å². The van der Waals surface area contributed by atoms with Crippen molar-refractivity contribution in [3.63, 3.8) is 0 Å². The summed E-state index contributed by atoms with van der Waals surface area (Å²) in [4.78, 5) is 37.4. The van der Waals surface area contributed by atoms with Gasteiger partial charge in [0.15, 0.2) is 5.65 Å². The van der Waals surface area contributed by atoms with Gasteiger partial charge >= 0.3 is 0 Å². The number of carbonyl (C=O) groups excluding carboxylic acids is 2. The van der Waals surface area contributed by atoms with Gasteiger partial charge in [0.2, 0.25) is 17.6 Å². The van der Waals surface area contributed by atoms with E-state index in [4.69, 9.17) is 10.3 Å². The summed E-state index contributed by atoms with van der Waals surface area (Å²) in [5.41, 5.74) is 9.29. The molecule has 1 unspecified atom stereocenters. The second-order valence-corrected chi connectivity index (χ2v) is 8.40. The van der Waals surface area contributed by atoms with E-state index in [-0.39, 0.29) is 23.8 Å². The number of aromatic nitrogens is 6. The van der Waals surface area contributed by atoms with Gasteiger partial charge in [-0.15, -0.1) is 0 Å². The monoisotopic (exact) mass is 462 g/mol. The first-order valence-electron chi connectivity index (χ1n) is 10.9. The van der Waals surface area contributed by atoms with Crippen molar-refractivity contribution in [2.24, 2.45) is 11.7 Å². The lowest BCUT2D eigenvalue weighted by Gasteiger charge is -2.19. The lowest BCUT2D eigenvalue weighted by atomic mass is 10.0. The molecule has 34 heavy (non-hydrogen) atoms. The number of primary amides is 1. The molecule has 11 nitrogen and oxygen atoms in total. The quantitative estimate of drug-likeness (QED) is 0.404. The molecule has 4 heterocycles. The molecule has 0 fully saturated rings. The lowest BCUT2D eigenvalue weighted by molar-refractivity contribution is -0.122. The van der Waals surface area contributed by atoms with Crippen LogP contribution in [0.3, 0.4) is 0 Å². The summed E-state index contributed by atoms with van der Waals surface area (Å²) in [6, 6.07) is 3.15. The molecule has 4 rings (SSSR count). The molecular formula is C23H26N8O3. The molecule has 0 saturated heterocycles. The van der Waals surface area contributed by atoms with Crippen LogP contribution in [-0.4, -0.2) is 41.5 Å². The predicted molar refractivity (Wildman–Crippen MR) is 123 cm³/mol. The molecular weight excluding hydrogens is 436 g/mol. The van der Waals surface area contributed by atoms with Crippen molar-refractivity contribution in [1.82, 2.24) is 35.0 Å². The van der Waals surface area contributed by atoms with Gasteiger partial charge in [-0.1, -0.05) is 19.0 Å². The van der Waals surface area contributed by atoms with Crippen molar-refractivity contribution >= 4 is 17.5 Å². The molecule has 2 amide bonds. The highest BCUT2D eigenvalue weighted by Crippen LogP contribution is 2.24. The zero-order valence-electron chi connectivity index (χ0n) is 19.4. The Morgan fingerprint density at radius 3 is 2.59 bits per heavy atom. The maximum absolute atomic E-state index is 12.8. The van der Waals surface area contributed by atoms with E-state index in [2.05, 4.69) is 30.5 Å². The van der Waals surface area contributed by atoms with E-state index in [0.29, 0.717) is 23.8 Å². The second kappa shape index (κ2) is 9.38. The molecule has 1 atom stereocenters.